The highest BCUT2D eigenvalue weighted by molar-refractivity contribution is 7.91. The van der Waals surface area contributed by atoms with E-state index in [-0.39, 0.29) is 11.5 Å². The molecule has 1 fully saturated rings. The van der Waals surface area contributed by atoms with Gasteiger partial charge in [0.2, 0.25) is 0 Å². The number of aryl methyl sites for hydroxylation is 2. The van der Waals surface area contributed by atoms with Crippen LogP contribution in [-0.4, -0.2) is 49.7 Å². The van der Waals surface area contributed by atoms with Gasteiger partial charge in [0.25, 0.3) is 0 Å². The zero-order valence-corrected chi connectivity index (χ0v) is 13.7. The van der Waals surface area contributed by atoms with Gasteiger partial charge in [0.15, 0.2) is 9.84 Å². The SMILES string of the molecule is Cc1cccc(C)c1NC(=O)C(=O)N(C)C1CCS(=O)(=O)C1. The predicted molar refractivity (Wildman–Crippen MR) is 84.4 cm³/mol. The number of amides is 2. The van der Waals surface area contributed by atoms with Crippen LogP contribution in [0.1, 0.15) is 17.5 Å². The first kappa shape index (κ1) is 16.5. The first-order chi connectivity index (χ1) is 10.2. The average molecular weight is 324 g/mol. The number of nitrogens with one attached hydrogen (secondary N) is 1. The van der Waals surface area contributed by atoms with Crippen molar-refractivity contribution in [2.45, 2.75) is 26.3 Å². The van der Waals surface area contributed by atoms with Crippen LogP contribution in [0.3, 0.4) is 0 Å². The fourth-order valence-corrected chi connectivity index (χ4v) is 4.36. The molecule has 2 amide bonds. The number of carbonyl (C=O) groups excluding carboxylic acids is 2. The minimum Gasteiger partial charge on any atom is -0.333 e. The summed E-state index contributed by atoms with van der Waals surface area (Å²) in [6.45, 7) is 3.70. The molecule has 0 saturated carbocycles. The van der Waals surface area contributed by atoms with E-state index in [1.54, 1.807) is 0 Å². The van der Waals surface area contributed by atoms with Crippen molar-refractivity contribution in [2.75, 3.05) is 23.9 Å². The van der Waals surface area contributed by atoms with Crippen molar-refractivity contribution in [1.82, 2.24) is 4.90 Å². The van der Waals surface area contributed by atoms with Crippen LogP contribution in [0.4, 0.5) is 5.69 Å². The van der Waals surface area contributed by atoms with E-state index in [0.717, 1.165) is 11.1 Å². The van der Waals surface area contributed by atoms with E-state index in [1.807, 2.05) is 32.0 Å². The number of carbonyl (C=O) groups is 2. The first-order valence-electron chi connectivity index (χ1n) is 7.06. The Morgan fingerprint density at radius 2 is 1.82 bits per heavy atom. The molecule has 1 unspecified atom stereocenters. The smallest absolute Gasteiger partial charge is 0.313 e. The Hall–Kier alpha value is -1.89. The first-order valence-corrected chi connectivity index (χ1v) is 8.88. The Morgan fingerprint density at radius 3 is 2.32 bits per heavy atom. The molecule has 1 aliphatic heterocycles. The van der Waals surface area contributed by atoms with Crippen LogP contribution in [-0.2, 0) is 19.4 Å². The van der Waals surface area contributed by atoms with Gasteiger partial charge < -0.3 is 10.2 Å². The minimum absolute atomic E-state index is 0.0633. The topological polar surface area (TPSA) is 83.6 Å². The van der Waals surface area contributed by atoms with Crippen LogP contribution in [0.25, 0.3) is 0 Å². The van der Waals surface area contributed by atoms with E-state index < -0.39 is 27.7 Å². The average Bonchev–Trinajstić information content (AvgIpc) is 2.81. The highest BCUT2D eigenvalue weighted by Crippen LogP contribution is 2.20. The van der Waals surface area contributed by atoms with Gasteiger partial charge in [-0.05, 0) is 31.4 Å². The molecule has 1 N–H and O–H groups in total. The number of para-hydroxylation sites is 1. The molecule has 0 bridgehead atoms. The zero-order chi connectivity index (χ0) is 16.5. The molecule has 0 radical (unpaired) electrons. The maximum Gasteiger partial charge on any atom is 0.313 e. The lowest BCUT2D eigenvalue weighted by Crippen LogP contribution is -2.44. The lowest BCUT2D eigenvalue weighted by atomic mass is 10.1. The molecule has 1 heterocycles. The Kier molecular flexibility index (Phi) is 4.55. The fourth-order valence-electron chi connectivity index (χ4n) is 2.59. The summed E-state index contributed by atoms with van der Waals surface area (Å²) in [6, 6.07) is 5.14. The third-order valence-corrected chi connectivity index (χ3v) is 5.74. The maximum atomic E-state index is 12.2. The van der Waals surface area contributed by atoms with Gasteiger partial charge in [0.05, 0.1) is 11.5 Å². The molecule has 0 aliphatic carbocycles. The maximum absolute atomic E-state index is 12.2. The van der Waals surface area contributed by atoms with Gasteiger partial charge in [0.1, 0.15) is 0 Å². The van der Waals surface area contributed by atoms with E-state index in [4.69, 9.17) is 0 Å². The molecule has 1 aliphatic rings. The summed E-state index contributed by atoms with van der Waals surface area (Å²) in [5.41, 5.74) is 2.35. The summed E-state index contributed by atoms with van der Waals surface area (Å²) in [4.78, 5) is 25.5. The zero-order valence-electron chi connectivity index (χ0n) is 12.9. The number of hydrogen-bond donors (Lipinski definition) is 1. The molecule has 0 spiro atoms. The second-order valence-corrected chi connectivity index (χ2v) is 7.92. The number of hydrogen-bond acceptors (Lipinski definition) is 4. The van der Waals surface area contributed by atoms with Gasteiger partial charge in [-0.2, -0.15) is 0 Å². The summed E-state index contributed by atoms with van der Waals surface area (Å²) in [7, 11) is -1.63. The van der Waals surface area contributed by atoms with Crippen LogP contribution >= 0.6 is 0 Å². The monoisotopic (exact) mass is 324 g/mol. The largest absolute Gasteiger partial charge is 0.333 e. The van der Waals surface area contributed by atoms with Crippen molar-refractivity contribution in [3.63, 3.8) is 0 Å². The van der Waals surface area contributed by atoms with E-state index in [2.05, 4.69) is 5.32 Å². The molecule has 1 atom stereocenters. The van der Waals surface area contributed by atoms with Gasteiger partial charge in [-0.25, -0.2) is 8.42 Å². The quantitative estimate of drug-likeness (QED) is 0.819. The van der Waals surface area contributed by atoms with Crippen molar-refractivity contribution < 1.29 is 18.0 Å². The lowest BCUT2D eigenvalue weighted by molar-refractivity contribution is -0.143. The summed E-state index contributed by atoms with van der Waals surface area (Å²) in [5.74, 6) is -1.48. The predicted octanol–water partition coefficient (Wildman–Crippen LogP) is 0.887. The van der Waals surface area contributed by atoms with Gasteiger partial charge in [0, 0.05) is 18.8 Å². The summed E-state index contributed by atoms with van der Waals surface area (Å²) < 4.78 is 23.0. The normalized spacial score (nSPS) is 19.7. The molecule has 6 nitrogen and oxygen atoms in total. The van der Waals surface area contributed by atoms with E-state index >= 15 is 0 Å². The van der Waals surface area contributed by atoms with Crippen molar-refractivity contribution in [2.24, 2.45) is 0 Å². The fraction of sp³-hybridized carbons (Fsp3) is 0.467. The van der Waals surface area contributed by atoms with Crippen LogP contribution < -0.4 is 5.32 Å². The molecule has 2 rings (SSSR count). The second kappa shape index (κ2) is 6.08. The van der Waals surface area contributed by atoms with Crippen LogP contribution in [0, 0.1) is 13.8 Å². The van der Waals surface area contributed by atoms with Crippen molar-refractivity contribution in [3.8, 4) is 0 Å². The summed E-state index contributed by atoms with van der Waals surface area (Å²) in [6.07, 6.45) is 0.376. The van der Waals surface area contributed by atoms with E-state index in [1.165, 1.54) is 11.9 Å². The Bertz CT molecular complexity index is 692. The number of nitrogens with zero attached hydrogens (tertiary/aromatic N) is 1. The molecule has 22 heavy (non-hydrogen) atoms. The molecule has 0 aromatic heterocycles. The molecule has 1 aromatic rings. The lowest BCUT2D eigenvalue weighted by Gasteiger charge is -2.23. The number of anilines is 1. The molecular weight excluding hydrogens is 304 g/mol. The Labute approximate surface area is 130 Å². The minimum atomic E-state index is -3.10. The highest BCUT2D eigenvalue weighted by atomic mass is 32.2. The second-order valence-electron chi connectivity index (χ2n) is 5.69. The Morgan fingerprint density at radius 1 is 1.23 bits per heavy atom. The number of likely N-dealkylation sites (N-methyl/N-ethyl adjacent to an activating group) is 1. The van der Waals surface area contributed by atoms with Crippen LogP contribution in [0.2, 0.25) is 0 Å². The summed E-state index contributed by atoms with van der Waals surface area (Å²) in [5, 5.41) is 2.62. The van der Waals surface area contributed by atoms with Crippen molar-refractivity contribution in [1.29, 1.82) is 0 Å². The van der Waals surface area contributed by atoms with Gasteiger partial charge in [-0.1, -0.05) is 18.2 Å². The standard InChI is InChI=1S/C15H20N2O4S/c1-10-5-4-6-11(2)13(10)16-14(18)15(19)17(3)12-7-8-22(20,21)9-12/h4-6,12H,7-9H2,1-3H3,(H,16,18). The van der Waals surface area contributed by atoms with Gasteiger partial charge in [-0.15, -0.1) is 0 Å². The number of rotatable bonds is 2. The third-order valence-electron chi connectivity index (χ3n) is 3.99. The van der Waals surface area contributed by atoms with Gasteiger partial charge >= 0.3 is 11.8 Å². The molecular formula is C15H20N2O4S. The molecule has 120 valence electrons. The van der Waals surface area contributed by atoms with Crippen molar-refractivity contribution >= 4 is 27.3 Å². The van der Waals surface area contributed by atoms with E-state index in [9.17, 15) is 18.0 Å². The van der Waals surface area contributed by atoms with Crippen LogP contribution in [0.15, 0.2) is 18.2 Å². The van der Waals surface area contributed by atoms with Gasteiger partial charge in [-0.3, -0.25) is 9.59 Å². The van der Waals surface area contributed by atoms with E-state index in [0.29, 0.717) is 12.1 Å². The molecule has 1 aromatic carbocycles. The number of sulfone groups is 1. The Balaban J connectivity index is 2.08. The third kappa shape index (κ3) is 3.47. The molecule has 1 saturated heterocycles. The summed E-state index contributed by atoms with van der Waals surface area (Å²) >= 11 is 0. The number of benzene rings is 1. The van der Waals surface area contributed by atoms with Crippen molar-refractivity contribution in [3.05, 3.63) is 29.3 Å². The molecule has 7 heteroatoms. The highest BCUT2D eigenvalue weighted by Gasteiger charge is 2.34. The van der Waals surface area contributed by atoms with Crippen LogP contribution in [0.5, 0.6) is 0 Å².